The lowest BCUT2D eigenvalue weighted by atomic mass is 10.1. The normalized spacial score (nSPS) is 11.2. The van der Waals surface area contributed by atoms with E-state index in [1.165, 1.54) is 0 Å². The molecule has 0 aliphatic carbocycles. The van der Waals surface area contributed by atoms with Gasteiger partial charge in [0.1, 0.15) is 0 Å². The molecule has 0 atom stereocenters. The second-order valence-electron chi connectivity index (χ2n) is 5.53. The van der Waals surface area contributed by atoms with E-state index in [2.05, 4.69) is 22.8 Å². The van der Waals surface area contributed by atoms with E-state index >= 15 is 0 Å². The Balaban J connectivity index is 1.95. The van der Waals surface area contributed by atoms with Crippen molar-refractivity contribution in [2.75, 3.05) is 6.54 Å². The minimum absolute atomic E-state index is 0.292. The van der Waals surface area contributed by atoms with Crippen LogP contribution in [-0.4, -0.2) is 17.6 Å². The highest BCUT2D eigenvalue weighted by molar-refractivity contribution is 5.90. The van der Waals surface area contributed by atoms with Crippen LogP contribution in [0, 0.1) is 0 Å². The van der Waals surface area contributed by atoms with Crippen LogP contribution in [0.25, 0.3) is 23.1 Å². The van der Waals surface area contributed by atoms with E-state index in [4.69, 9.17) is 10.8 Å². The maximum absolute atomic E-state index is 10.9. The molecule has 2 aromatic carbocycles. The number of pyridine rings is 1. The zero-order valence-corrected chi connectivity index (χ0v) is 13.2. The van der Waals surface area contributed by atoms with Crippen LogP contribution in [0.1, 0.15) is 21.5 Å². The largest absolute Gasteiger partial charge is 0.478 e. The summed E-state index contributed by atoms with van der Waals surface area (Å²) in [4.78, 5) is 10.9. The molecule has 1 heterocycles. The molecule has 3 N–H and O–H groups in total. The SMILES string of the molecule is NCC[n+]1ccc(/C=C/c2ccc(C(=O)O)cc2)c2ccccc21. The summed E-state index contributed by atoms with van der Waals surface area (Å²) in [5, 5.41) is 10.1. The third-order valence-electron chi connectivity index (χ3n) is 3.94. The summed E-state index contributed by atoms with van der Waals surface area (Å²) in [5.74, 6) is -0.913. The Hall–Kier alpha value is -2.98. The van der Waals surface area contributed by atoms with Gasteiger partial charge in [0.2, 0.25) is 5.52 Å². The Labute approximate surface area is 140 Å². The van der Waals surface area contributed by atoms with Gasteiger partial charge in [-0.2, -0.15) is 4.57 Å². The maximum atomic E-state index is 10.9. The third kappa shape index (κ3) is 3.34. The number of carbonyl (C=O) groups is 1. The van der Waals surface area contributed by atoms with Gasteiger partial charge in [0.05, 0.1) is 17.5 Å². The fourth-order valence-electron chi connectivity index (χ4n) is 2.71. The van der Waals surface area contributed by atoms with Gasteiger partial charge in [-0.3, -0.25) is 0 Å². The standard InChI is InChI=1S/C20H18N2O2/c21-12-14-22-13-11-16(18-3-1-2-4-19(18)22)8-5-15-6-9-17(10-7-15)20(23)24/h1-11,13H,12,14,21H2/p+1/b8-5+. The summed E-state index contributed by atoms with van der Waals surface area (Å²) in [7, 11) is 0. The predicted molar refractivity (Wildman–Crippen MR) is 95.5 cm³/mol. The van der Waals surface area contributed by atoms with E-state index in [1.807, 2.05) is 30.5 Å². The van der Waals surface area contributed by atoms with Gasteiger partial charge < -0.3 is 10.8 Å². The number of carboxylic acid groups (broad SMARTS) is 1. The van der Waals surface area contributed by atoms with Crippen LogP contribution >= 0.6 is 0 Å². The molecule has 0 fully saturated rings. The first-order valence-corrected chi connectivity index (χ1v) is 7.82. The second-order valence-corrected chi connectivity index (χ2v) is 5.53. The predicted octanol–water partition coefficient (Wildman–Crippen LogP) is 2.95. The Morgan fingerprint density at radius 3 is 2.50 bits per heavy atom. The third-order valence-corrected chi connectivity index (χ3v) is 3.94. The molecule has 0 saturated heterocycles. The van der Waals surface area contributed by atoms with Crippen molar-refractivity contribution >= 4 is 29.0 Å². The number of rotatable bonds is 5. The minimum atomic E-state index is -0.913. The molecule has 3 rings (SSSR count). The molecular formula is C20H19N2O2+. The number of para-hydroxylation sites is 1. The lowest BCUT2D eigenvalue weighted by Gasteiger charge is -2.03. The van der Waals surface area contributed by atoms with E-state index in [9.17, 15) is 4.79 Å². The number of nitrogens with zero attached hydrogens (tertiary/aromatic N) is 1. The van der Waals surface area contributed by atoms with Crippen molar-refractivity contribution in [3.8, 4) is 0 Å². The molecule has 0 unspecified atom stereocenters. The molecule has 0 bridgehead atoms. The van der Waals surface area contributed by atoms with Gasteiger partial charge in [-0.25, -0.2) is 4.79 Å². The van der Waals surface area contributed by atoms with Crippen LogP contribution in [0.5, 0.6) is 0 Å². The molecule has 0 aliphatic heterocycles. The van der Waals surface area contributed by atoms with Gasteiger partial charge in [0.25, 0.3) is 0 Å². The highest BCUT2D eigenvalue weighted by Gasteiger charge is 2.09. The van der Waals surface area contributed by atoms with Crippen LogP contribution in [0.3, 0.4) is 0 Å². The van der Waals surface area contributed by atoms with Gasteiger partial charge in [-0.1, -0.05) is 36.4 Å². The summed E-state index contributed by atoms with van der Waals surface area (Å²) in [6.07, 6.45) is 6.08. The van der Waals surface area contributed by atoms with E-state index in [0.717, 1.165) is 28.6 Å². The average molecular weight is 319 g/mol. The number of nitrogens with two attached hydrogens (primary N) is 1. The van der Waals surface area contributed by atoms with Crippen LogP contribution in [0.15, 0.2) is 60.8 Å². The molecule has 0 amide bonds. The first-order valence-electron chi connectivity index (χ1n) is 7.82. The molecule has 3 aromatic rings. The van der Waals surface area contributed by atoms with Crippen molar-refractivity contribution in [2.24, 2.45) is 5.73 Å². The van der Waals surface area contributed by atoms with Crippen molar-refractivity contribution in [3.63, 3.8) is 0 Å². The van der Waals surface area contributed by atoms with Crippen LogP contribution < -0.4 is 10.3 Å². The number of carboxylic acids is 1. The molecule has 0 radical (unpaired) electrons. The smallest absolute Gasteiger partial charge is 0.335 e. The monoisotopic (exact) mass is 319 g/mol. The van der Waals surface area contributed by atoms with E-state index < -0.39 is 5.97 Å². The number of benzene rings is 2. The minimum Gasteiger partial charge on any atom is -0.478 e. The molecule has 120 valence electrons. The molecular weight excluding hydrogens is 300 g/mol. The van der Waals surface area contributed by atoms with Gasteiger partial charge >= 0.3 is 5.97 Å². The quantitative estimate of drug-likeness (QED) is 0.711. The molecule has 4 heteroatoms. The summed E-state index contributed by atoms with van der Waals surface area (Å²) in [5.41, 5.74) is 9.19. The fraction of sp³-hybridized carbons (Fsp3) is 0.100. The first-order chi connectivity index (χ1) is 11.7. The number of hydrogen-bond donors (Lipinski definition) is 2. The molecule has 0 aliphatic rings. The number of aromatic carboxylic acids is 1. The molecule has 0 spiro atoms. The Kier molecular flexibility index (Phi) is 4.68. The summed E-state index contributed by atoms with van der Waals surface area (Å²) >= 11 is 0. The lowest BCUT2D eigenvalue weighted by Crippen LogP contribution is -2.37. The summed E-state index contributed by atoms with van der Waals surface area (Å²) < 4.78 is 2.15. The van der Waals surface area contributed by atoms with Crippen molar-refractivity contribution in [3.05, 3.63) is 77.5 Å². The maximum Gasteiger partial charge on any atom is 0.335 e. The highest BCUT2D eigenvalue weighted by Crippen LogP contribution is 2.18. The van der Waals surface area contributed by atoms with Crippen molar-refractivity contribution in [2.45, 2.75) is 6.54 Å². The summed E-state index contributed by atoms with van der Waals surface area (Å²) in [6.45, 7) is 1.38. The van der Waals surface area contributed by atoms with Crippen LogP contribution in [0.4, 0.5) is 0 Å². The van der Waals surface area contributed by atoms with E-state index in [1.54, 1.807) is 24.3 Å². The summed E-state index contributed by atoms with van der Waals surface area (Å²) in [6, 6.07) is 17.1. The molecule has 0 saturated carbocycles. The number of aromatic nitrogens is 1. The van der Waals surface area contributed by atoms with Gasteiger partial charge in [-0.15, -0.1) is 0 Å². The van der Waals surface area contributed by atoms with Crippen molar-refractivity contribution in [1.29, 1.82) is 0 Å². The fourth-order valence-corrected chi connectivity index (χ4v) is 2.71. The Bertz CT molecular complexity index is 899. The second kappa shape index (κ2) is 7.06. The van der Waals surface area contributed by atoms with Crippen molar-refractivity contribution < 1.29 is 14.5 Å². The molecule has 1 aromatic heterocycles. The average Bonchev–Trinajstić information content (AvgIpc) is 2.61. The van der Waals surface area contributed by atoms with E-state index in [0.29, 0.717) is 12.1 Å². The number of fused-ring (bicyclic) bond motifs is 1. The Morgan fingerprint density at radius 2 is 1.79 bits per heavy atom. The lowest BCUT2D eigenvalue weighted by molar-refractivity contribution is -0.668. The van der Waals surface area contributed by atoms with Crippen LogP contribution in [0.2, 0.25) is 0 Å². The zero-order chi connectivity index (χ0) is 16.9. The zero-order valence-electron chi connectivity index (χ0n) is 13.2. The van der Waals surface area contributed by atoms with Gasteiger partial charge in [0, 0.05) is 12.1 Å². The molecule has 24 heavy (non-hydrogen) atoms. The Morgan fingerprint density at radius 1 is 1.04 bits per heavy atom. The first kappa shape index (κ1) is 15.9. The van der Waals surface area contributed by atoms with E-state index in [-0.39, 0.29) is 0 Å². The van der Waals surface area contributed by atoms with Crippen LogP contribution in [-0.2, 0) is 6.54 Å². The van der Waals surface area contributed by atoms with Gasteiger partial charge in [0.15, 0.2) is 12.7 Å². The topological polar surface area (TPSA) is 67.2 Å². The highest BCUT2D eigenvalue weighted by atomic mass is 16.4. The van der Waals surface area contributed by atoms with Gasteiger partial charge in [-0.05, 0) is 29.3 Å². The number of hydrogen-bond acceptors (Lipinski definition) is 2. The van der Waals surface area contributed by atoms with Crippen molar-refractivity contribution in [1.82, 2.24) is 0 Å². The molecule has 4 nitrogen and oxygen atoms in total.